The predicted octanol–water partition coefficient (Wildman–Crippen LogP) is 4.14. The first-order chi connectivity index (χ1) is 12.4. The molecule has 0 spiro atoms. The van der Waals surface area contributed by atoms with Gasteiger partial charge in [0.15, 0.2) is 6.61 Å². The summed E-state index contributed by atoms with van der Waals surface area (Å²) in [4.78, 5) is 23.8. The molecule has 0 radical (unpaired) electrons. The molecule has 0 fully saturated rings. The highest BCUT2D eigenvalue weighted by molar-refractivity contribution is 5.95. The number of benzene rings is 2. The quantitative estimate of drug-likeness (QED) is 0.755. The highest BCUT2D eigenvalue weighted by atomic mass is 19.1. The third-order valence-electron chi connectivity index (χ3n) is 4.11. The smallest absolute Gasteiger partial charge is 0.341 e. The van der Waals surface area contributed by atoms with Gasteiger partial charge in [-0.2, -0.15) is 0 Å². The number of methoxy groups -OCH3 is 1. The van der Waals surface area contributed by atoms with E-state index in [1.807, 2.05) is 12.1 Å². The van der Waals surface area contributed by atoms with Gasteiger partial charge in [-0.1, -0.05) is 26.0 Å². The average Bonchev–Trinajstić information content (AvgIpc) is 2.65. The number of carbonyl (C=O) groups is 2. The maximum Gasteiger partial charge on any atom is 0.341 e. The van der Waals surface area contributed by atoms with Crippen LogP contribution in [0.4, 0.5) is 10.1 Å². The van der Waals surface area contributed by atoms with Crippen LogP contribution in [0.1, 0.15) is 42.1 Å². The summed E-state index contributed by atoms with van der Waals surface area (Å²) in [5, 5.41) is 2.64. The van der Waals surface area contributed by atoms with Crippen LogP contribution in [0.15, 0.2) is 42.5 Å². The van der Waals surface area contributed by atoms with Crippen molar-refractivity contribution in [3.8, 4) is 5.75 Å². The van der Waals surface area contributed by atoms with E-state index < -0.39 is 24.3 Å². The van der Waals surface area contributed by atoms with Crippen LogP contribution < -0.4 is 10.1 Å². The van der Waals surface area contributed by atoms with Gasteiger partial charge in [0.2, 0.25) is 0 Å². The van der Waals surface area contributed by atoms with Crippen LogP contribution in [-0.4, -0.2) is 25.6 Å². The monoisotopic (exact) mass is 359 g/mol. The fourth-order valence-corrected chi connectivity index (χ4v) is 2.32. The summed E-state index contributed by atoms with van der Waals surface area (Å²) >= 11 is 0. The molecule has 138 valence electrons. The Morgan fingerprint density at radius 2 is 1.85 bits per heavy atom. The molecule has 0 heterocycles. The molecular weight excluding hydrogens is 337 g/mol. The lowest BCUT2D eigenvalue weighted by molar-refractivity contribution is -0.119. The van der Waals surface area contributed by atoms with Crippen LogP contribution in [0.5, 0.6) is 5.75 Å². The van der Waals surface area contributed by atoms with Gasteiger partial charge >= 0.3 is 5.97 Å². The van der Waals surface area contributed by atoms with E-state index in [2.05, 4.69) is 19.2 Å². The lowest BCUT2D eigenvalue weighted by atomic mass is 9.99. The van der Waals surface area contributed by atoms with Crippen molar-refractivity contribution < 1.29 is 23.5 Å². The summed E-state index contributed by atoms with van der Waals surface area (Å²) in [5.74, 6) is -1.44. The number of esters is 1. The molecule has 0 bridgehead atoms. The zero-order chi connectivity index (χ0) is 19.1. The van der Waals surface area contributed by atoms with E-state index in [4.69, 9.17) is 9.47 Å². The topological polar surface area (TPSA) is 64.6 Å². The number of hydrogen-bond acceptors (Lipinski definition) is 4. The molecule has 2 aromatic carbocycles. The SMILES string of the molecule is CC[C@@H](C)c1ccc(NC(=O)COC(=O)c2ccc(OC)cc2F)cc1. The zero-order valence-corrected chi connectivity index (χ0v) is 15.0. The molecule has 1 atom stereocenters. The summed E-state index contributed by atoms with van der Waals surface area (Å²) in [5.41, 5.74) is 1.54. The van der Waals surface area contributed by atoms with Crippen LogP contribution >= 0.6 is 0 Å². The molecule has 26 heavy (non-hydrogen) atoms. The Hall–Kier alpha value is -2.89. The molecule has 6 heteroatoms. The van der Waals surface area contributed by atoms with Gasteiger partial charge in [0, 0.05) is 11.8 Å². The summed E-state index contributed by atoms with van der Waals surface area (Å²) in [7, 11) is 1.40. The van der Waals surface area contributed by atoms with E-state index >= 15 is 0 Å². The summed E-state index contributed by atoms with van der Waals surface area (Å²) in [6.07, 6.45) is 1.03. The van der Waals surface area contributed by atoms with Gasteiger partial charge in [-0.15, -0.1) is 0 Å². The Kier molecular flexibility index (Phi) is 6.72. The number of anilines is 1. The number of amides is 1. The molecule has 0 unspecified atom stereocenters. The van der Waals surface area contributed by atoms with E-state index in [0.29, 0.717) is 11.6 Å². The Morgan fingerprint density at radius 1 is 1.15 bits per heavy atom. The summed E-state index contributed by atoms with van der Waals surface area (Å²) < 4.78 is 23.5. The van der Waals surface area contributed by atoms with Crippen molar-refractivity contribution in [1.82, 2.24) is 0 Å². The minimum Gasteiger partial charge on any atom is -0.497 e. The van der Waals surface area contributed by atoms with Crippen molar-refractivity contribution in [2.75, 3.05) is 19.0 Å². The van der Waals surface area contributed by atoms with Crippen molar-refractivity contribution >= 4 is 17.6 Å². The van der Waals surface area contributed by atoms with Gasteiger partial charge in [0.05, 0.1) is 12.7 Å². The molecule has 0 aliphatic carbocycles. The molecule has 0 saturated heterocycles. The fraction of sp³-hybridized carbons (Fsp3) is 0.300. The minimum absolute atomic E-state index is 0.253. The first kappa shape index (κ1) is 19.4. The molecule has 2 rings (SSSR count). The van der Waals surface area contributed by atoms with Crippen LogP contribution in [-0.2, 0) is 9.53 Å². The Balaban J connectivity index is 1.89. The highest BCUT2D eigenvalue weighted by Crippen LogP contribution is 2.20. The maximum absolute atomic E-state index is 13.8. The van der Waals surface area contributed by atoms with E-state index in [1.54, 1.807) is 12.1 Å². The molecule has 0 aromatic heterocycles. The molecule has 2 aromatic rings. The third kappa shape index (κ3) is 5.05. The number of rotatable bonds is 7. The van der Waals surface area contributed by atoms with Gasteiger partial charge in [-0.25, -0.2) is 9.18 Å². The van der Waals surface area contributed by atoms with E-state index in [-0.39, 0.29) is 11.3 Å². The number of ether oxygens (including phenoxy) is 2. The largest absolute Gasteiger partial charge is 0.497 e. The van der Waals surface area contributed by atoms with Crippen LogP contribution in [0, 0.1) is 5.82 Å². The van der Waals surface area contributed by atoms with E-state index in [9.17, 15) is 14.0 Å². The fourth-order valence-electron chi connectivity index (χ4n) is 2.32. The van der Waals surface area contributed by atoms with Gasteiger partial charge in [-0.3, -0.25) is 4.79 Å². The van der Waals surface area contributed by atoms with Crippen molar-refractivity contribution in [1.29, 1.82) is 0 Å². The second kappa shape index (κ2) is 8.99. The van der Waals surface area contributed by atoms with Crippen molar-refractivity contribution in [2.45, 2.75) is 26.2 Å². The molecule has 0 aliphatic heterocycles. The Morgan fingerprint density at radius 3 is 2.42 bits per heavy atom. The number of halogens is 1. The normalized spacial score (nSPS) is 11.5. The molecule has 1 N–H and O–H groups in total. The second-order valence-electron chi connectivity index (χ2n) is 5.90. The Bertz CT molecular complexity index is 774. The second-order valence-corrected chi connectivity index (χ2v) is 5.90. The first-order valence-corrected chi connectivity index (χ1v) is 8.35. The Labute approximate surface area is 152 Å². The summed E-state index contributed by atoms with van der Waals surface area (Å²) in [6, 6.07) is 11.3. The van der Waals surface area contributed by atoms with Crippen LogP contribution in [0.25, 0.3) is 0 Å². The first-order valence-electron chi connectivity index (χ1n) is 8.35. The van der Waals surface area contributed by atoms with Gasteiger partial charge in [0.25, 0.3) is 5.91 Å². The van der Waals surface area contributed by atoms with Crippen LogP contribution in [0.3, 0.4) is 0 Å². The van der Waals surface area contributed by atoms with Crippen molar-refractivity contribution in [3.05, 3.63) is 59.4 Å². The minimum atomic E-state index is -0.910. The van der Waals surface area contributed by atoms with Gasteiger partial charge in [0.1, 0.15) is 11.6 Å². The lowest BCUT2D eigenvalue weighted by Gasteiger charge is -2.11. The number of carbonyl (C=O) groups excluding carboxylic acids is 2. The zero-order valence-electron chi connectivity index (χ0n) is 15.0. The van der Waals surface area contributed by atoms with Crippen molar-refractivity contribution in [2.24, 2.45) is 0 Å². The molecule has 0 aliphatic rings. The highest BCUT2D eigenvalue weighted by Gasteiger charge is 2.15. The standard InChI is InChI=1S/C20H22FNO4/c1-4-13(2)14-5-7-15(8-6-14)22-19(23)12-26-20(24)17-10-9-16(25-3)11-18(17)21/h5-11,13H,4,12H2,1-3H3,(H,22,23)/t13-/m1/s1. The van der Waals surface area contributed by atoms with Crippen LogP contribution in [0.2, 0.25) is 0 Å². The molecular formula is C20H22FNO4. The number of nitrogens with one attached hydrogen (secondary N) is 1. The maximum atomic E-state index is 13.8. The molecule has 1 amide bonds. The van der Waals surface area contributed by atoms with E-state index in [0.717, 1.165) is 12.5 Å². The van der Waals surface area contributed by atoms with E-state index in [1.165, 1.54) is 24.8 Å². The molecule has 0 saturated carbocycles. The molecule has 5 nitrogen and oxygen atoms in total. The van der Waals surface area contributed by atoms with Gasteiger partial charge < -0.3 is 14.8 Å². The summed E-state index contributed by atoms with van der Waals surface area (Å²) in [6.45, 7) is 3.74. The average molecular weight is 359 g/mol. The third-order valence-corrected chi connectivity index (χ3v) is 4.11. The van der Waals surface area contributed by atoms with Gasteiger partial charge in [-0.05, 0) is 42.2 Å². The lowest BCUT2D eigenvalue weighted by Crippen LogP contribution is -2.21. The number of hydrogen-bond donors (Lipinski definition) is 1. The predicted molar refractivity (Wildman–Crippen MR) is 97.0 cm³/mol. The van der Waals surface area contributed by atoms with Crippen molar-refractivity contribution in [3.63, 3.8) is 0 Å².